The molecule has 8 nitrogen and oxygen atoms in total. The van der Waals surface area contributed by atoms with E-state index in [4.69, 9.17) is 9.84 Å². The molecule has 0 aliphatic heterocycles. The highest BCUT2D eigenvalue weighted by atomic mass is 16.5. The number of aliphatic hydroxyl groups excluding tert-OH is 1. The Hall–Kier alpha value is -4.56. The highest BCUT2D eigenvalue weighted by molar-refractivity contribution is 5.97. The summed E-state index contributed by atoms with van der Waals surface area (Å²) in [5.74, 6) is 1.43. The monoisotopic (exact) mass is 622 g/mol. The topological polar surface area (TPSA) is 113 Å². The van der Waals surface area contributed by atoms with Crippen molar-refractivity contribution in [1.29, 1.82) is 0 Å². The summed E-state index contributed by atoms with van der Waals surface area (Å²) in [6, 6.07) is 22.3. The molecule has 0 radical (unpaired) electrons. The van der Waals surface area contributed by atoms with Crippen LogP contribution in [0.3, 0.4) is 0 Å². The lowest BCUT2D eigenvalue weighted by molar-refractivity contribution is -0.123. The van der Waals surface area contributed by atoms with Crippen LogP contribution < -0.4 is 15.4 Å². The van der Waals surface area contributed by atoms with Crippen LogP contribution in [-0.2, 0) is 16.6 Å². The van der Waals surface area contributed by atoms with Gasteiger partial charge in [0.05, 0.1) is 6.61 Å². The van der Waals surface area contributed by atoms with Crippen LogP contribution in [0.4, 0.5) is 0 Å². The van der Waals surface area contributed by atoms with Crippen LogP contribution in [0.15, 0.2) is 85.2 Å². The fourth-order valence-corrected chi connectivity index (χ4v) is 4.79. The SMILES string of the molecule is CC(C)CCOc1ccc(-c2cnc(-c3ccc(CC(NC(=O)c4ccc(C(C)(C)C)cc4)C(=O)NCCCO)cc3)nc2)cc1. The largest absolute Gasteiger partial charge is 0.494 e. The predicted octanol–water partition coefficient (Wildman–Crippen LogP) is 6.37. The highest BCUT2D eigenvalue weighted by Gasteiger charge is 2.22. The van der Waals surface area contributed by atoms with E-state index in [0.717, 1.165) is 40.0 Å². The van der Waals surface area contributed by atoms with Crippen LogP contribution in [0, 0.1) is 5.92 Å². The van der Waals surface area contributed by atoms with E-state index in [0.29, 0.717) is 43.3 Å². The number of hydrogen-bond donors (Lipinski definition) is 3. The van der Waals surface area contributed by atoms with Crippen molar-refractivity contribution in [3.63, 3.8) is 0 Å². The second-order valence-corrected chi connectivity index (χ2v) is 13.0. The van der Waals surface area contributed by atoms with Crippen molar-refractivity contribution < 1.29 is 19.4 Å². The Morgan fingerprint density at radius 1 is 0.848 bits per heavy atom. The molecule has 46 heavy (non-hydrogen) atoms. The summed E-state index contributed by atoms with van der Waals surface area (Å²) in [7, 11) is 0. The lowest BCUT2D eigenvalue weighted by Gasteiger charge is -2.21. The summed E-state index contributed by atoms with van der Waals surface area (Å²) in [5.41, 5.74) is 5.22. The lowest BCUT2D eigenvalue weighted by atomic mass is 9.86. The van der Waals surface area contributed by atoms with Gasteiger partial charge in [-0.3, -0.25) is 9.59 Å². The second kappa shape index (κ2) is 16.1. The predicted molar refractivity (Wildman–Crippen MR) is 183 cm³/mol. The minimum absolute atomic E-state index is 0.0260. The summed E-state index contributed by atoms with van der Waals surface area (Å²) in [6.45, 7) is 11.7. The van der Waals surface area contributed by atoms with Gasteiger partial charge in [-0.05, 0) is 65.1 Å². The van der Waals surface area contributed by atoms with Gasteiger partial charge in [-0.1, -0.05) is 83.1 Å². The van der Waals surface area contributed by atoms with E-state index in [1.54, 1.807) is 24.5 Å². The van der Waals surface area contributed by atoms with Gasteiger partial charge in [0.2, 0.25) is 5.91 Å². The number of nitrogens with zero attached hydrogens (tertiary/aromatic N) is 2. The third-order valence-corrected chi connectivity index (χ3v) is 7.72. The van der Waals surface area contributed by atoms with Gasteiger partial charge in [0.25, 0.3) is 5.91 Å². The van der Waals surface area contributed by atoms with Crippen LogP contribution in [0.5, 0.6) is 5.75 Å². The number of nitrogens with one attached hydrogen (secondary N) is 2. The quantitative estimate of drug-likeness (QED) is 0.141. The molecular weight excluding hydrogens is 576 g/mol. The zero-order chi connectivity index (χ0) is 33.1. The van der Waals surface area contributed by atoms with Crippen molar-refractivity contribution in [2.24, 2.45) is 5.92 Å². The first-order valence-electron chi connectivity index (χ1n) is 16.0. The maximum atomic E-state index is 13.1. The summed E-state index contributed by atoms with van der Waals surface area (Å²) in [4.78, 5) is 35.4. The molecule has 0 saturated carbocycles. The molecule has 0 aliphatic carbocycles. The first kappa shape index (κ1) is 34.3. The van der Waals surface area contributed by atoms with Gasteiger partial charge >= 0.3 is 0 Å². The van der Waals surface area contributed by atoms with E-state index in [1.165, 1.54) is 0 Å². The Bertz CT molecular complexity index is 1540. The molecule has 0 fully saturated rings. The van der Waals surface area contributed by atoms with Gasteiger partial charge in [-0.15, -0.1) is 0 Å². The minimum Gasteiger partial charge on any atom is -0.494 e. The van der Waals surface area contributed by atoms with Gasteiger partial charge in [-0.25, -0.2) is 9.97 Å². The molecule has 0 spiro atoms. The van der Waals surface area contributed by atoms with Crippen molar-refractivity contribution in [2.45, 2.75) is 65.3 Å². The van der Waals surface area contributed by atoms with Crippen LogP contribution in [0.1, 0.15) is 68.9 Å². The normalized spacial score (nSPS) is 12.1. The Kier molecular flexibility index (Phi) is 12.0. The highest BCUT2D eigenvalue weighted by Crippen LogP contribution is 2.24. The molecule has 0 bridgehead atoms. The Labute approximate surface area is 272 Å². The summed E-state index contributed by atoms with van der Waals surface area (Å²) < 4.78 is 5.82. The lowest BCUT2D eigenvalue weighted by Crippen LogP contribution is -2.48. The molecule has 8 heteroatoms. The number of carbonyl (C=O) groups is 2. The molecule has 3 aromatic carbocycles. The summed E-state index contributed by atoms with van der Waals surface area (Å²) in [6.07, 6.45) is 5.37. The maximum Gasteiger partial charge on any atom is 0.251 e. The van der Waals surface area contributed by atoms with Crippen LogP contribution >= 0.6 is 0 Å². The van der Waals surface area contributed by atoms with E-state index in [1.807, 2.05) is 60.7 Å². The summed E-state index contributed by atoms with van der Waals surface area (Å²) >= 11 is 0. The number of aliphatic hydroxyl groups is 1. The molecule has 4 aromatic rings. The maximum absolute atomic E-state index is 13.1. The van der Waals surface area contributed by atoms with Crippen molar-refractivity contribution in [1.82, 2.24) is 20.6 Å². The molecule has 0 aliphatic rings. The number of rotatable bonds is 14. The molecule has 0 saturated heterocycles. The van der Waals surface area contributed by atoms with Crippen LogP contribution in [0.25, 0.3) is 22.5 Å². The standard InChI is InChI=1S/C38H46N4O4/c1-26(2)19-22-46-33-17-13-28(14-18-33)31-24-40-35(41-25-31)29-9-7-27(8-10-29)23-34(37(45)39-20-6-21-43)42-36(44)30-11-15-32(16-12-30)38(3,4)5/h7-18,24-26,34,43H,6,19-23H2,1-5H3,(H,39,45)(H,42,44). The van der Waals surface area contributed by atoms with E-state index >= 15 is 0 Å². The molecule has 1 unspecified atom stereocenters. The van der Waals surface area contributed by atoms with Gasteiger partial charge in [0.15, 0.2) is 5.82 Å². The van der Waals surface area contributed by atoms with Crippen LogP contribution in [0.2, 0.25) is 0 Å². The third kappa shape index (κ3) is 9.97. The van der Waals surface area contributed by atoms with Crippen LogP contribution in [-0.4, -0.2) is 52.7 Å². The van der Waals surface area contributed by atoms with Gasteiger partial charge in [0.1, 0.15) is 11.8 Å². The Morgan fingerprint density at radius 2 is 1.48 bits per heavy atom. The van der Waals surface area contributed by atoms with E-state index in [-0.39, 0.29) is 23.8 Å². The molecule has 1 aromatic heterocycles. The molecule has 3 N–H and O–H groups in total. The zero-order valence-corrected chi connectivity index (χ0v) is 27.5. The van der Waals surface area contributed by atoms with Crippen molar-refractivity contribution in [3.8, 4) is 28.3 Å². The molecule has 4 rings (SSSR count). The first-order chi connectivity index (χ1) is 22.0. The average molecular weight is 623 g/mol. The Balaban J connectivity index is 1.41. The van der Waals surface area contributed by atoms with Gasteiger partial charge in [-0.2, -0.15) is 0 Å². The molecule has 242 valence electrons. The fraction of sp³-hybridized carbons (Fsp3) is 0.368. The van der Waals surface area contributed by atoms with E-state index in [2.05, 4.69) is 55.2 Å². The van der Waals surface area contributed by atoms with Gasteiger partial charge < -0.3 is 20.5 Å². The molecule has 1 atom stereocenters. The molecular formula is C38H46N4O4. The second-order valence-electron chi connectivity index (χ2n) is 13.0. The average Bonchev–Trinajstić information content (AvgIpc) is 3.05. The number of ether oxygens (including phenoxy) is 1. The van der Waals surface area contributed by atoms with E-state index in [9.17, 15) is 9.59 Å². The zero-order valence-electron chi connectivity index (χ0n) is 27.5. The van der Waals surface area contributed by atoms with Crippen molar-refractivity contribution in [3.05, 3.63) is 102 Å². The van der Waals surface area contributed by atoms with E-state index < -0.39 is 6.04 Å². The number of amides is 2. The summed E-state index contributed by atoms with van der Waals surface area (Å²) in [5, 5.41) is 14.9. The van der Waals surface area contributed by atoms with Gasteiger partial charge in [0, 0.05) is 48.7 Å². The smallest absolute Gasteiger partial charge is 0.251 e. The third-order valence-electron chi connectivity index (χ3n) is 7.72. The number of hydrogen-bond acceptors (Lipinski definition) is 6. The van der Waals surface area contributed by atoms with Crippen molar-refractivity contribution in [2.75, 3.05) is 19.8 Å². The number of benzene rings is 3. The number of aromatic nitrogens is 2. The van der Waals surface area contributed by atoms with Crippen molar-refractivity contribution >= 4 is 11.8 Å². The first-order valence-corrected chi connectivity index (χ1v) is 16.0. The molecule has 2 amide bonds. The number of carbonyl (C=O) groups excluding carboxylic acids is 2. The minimum atomic E-state index is -0.790. The Morgan fingerprint density at radius 3 is 2.07 bits per heavy atom. The fourth-order valence-electron chi connectivity index (χ4n) is 4.79. The molecule has 1 heterocycles.